The Morgan fingerprint density at radius 3 is 2.35 bits per heavy atom. The van der Waals surface area contributed by atoms with Crippen LogP contribution < -0.4 is 9.62 Å². The van der Waals surface area contributed by atoms with Gasteiger partial charge in [-0.15, -0.1) is 0 Å². The minimum Gasteiger partial charge on any atom is -0.352 e. The van der Waals surface area contributed by atoms with Gasteiger partial charge in [0, 0.05) is 17.1 Å². The van der Waals surface area contributed by atoms with Gasteiger partial charge in [-0.05, 0) is 50.1 Å². The fraction of sp³-hybridized carbons (Fsp3) is 0.391. The lowest BCUT2D eigenvalue weighted by Gasteiger charge is -2.32. The molecule has 0 fully saturated rings. The van der Waals surface area contributed by atoms with Gasteiger partial charge in [0.15, 0.2) is 0 Å². The molecule has 1 N–H and O–H groups in total. The van der Waals surface area contributed by atoms with Crippen molar-refractivity contribution in [1.29, 1.82) is 0 Å². The third-order valence-corrected chi connectivity index (χ3v) is 7.72. The minimum absolute atomic E-state index is 0.0171. The third kappa shape index (κ3) is 7.60. The van der Waals surface area contributed by atoms with E-state index in [1.165, 1.54) is 17.0 Å². The highest BCUT2D eigenvalue weighted by Gasteiger charge is 2.31. The fourth-order valence-electron chi connectivity index (χ4n) is 3.16. The minimum atomic E-state index is -3.90. The first-order valence-corrected chi connectivity index (χ1v) is 14.0. The van der Waals surface area contributed by atoms with Crippen LogP contribution in [-0.4, -0.2) is 50.0 Å². The summed E-state index contributed by atoms with van der Waals surface area (Å²) in [6, 6.07) is 11.0. The smallest absolute Gasteiger partial charge is 0.244 e. The number of carbonyl (C=O) groups excluding carboxylic acids is 2. The van der Waals surface area contributed by atoms with E-state index in [1.807, 2.05) is 38.1 Å². The SMILES string of the molecule is CC[C@@H](C)NC(=O)[C@@H](C)N(Cc1cccc(Br)c1)C(=O)CN(c1cccc(Cl)c1Cl)S(C)(=O)=O. The number of rotatable bonds is 10. The first-order valence-electron chi connectivity index (χ1n) is 10.6. The van der Waals surface area contributed by atoms with E-state index in [1.54, 1.807) is 13.0 Å². The van der Waals surface area contributed by atoms with E-state index in [0.717, 1.165) is 27.0 Å². The van der Waals surface area contributed by atoms with Crippen LogP contribution in [0, 0.1) is 0 Å². The number of sulfonamides is 1. The van der Waals surface area contributed by atoms with Gasteiger partial charge in [-0.25, -0.2) is 8.42 Å². The van der Waals surface area contributed by atoms with E-state index in [9.17, 15) is 18.0 Å². The molecule has 2 atom stereocenters. The van der Waals surface area contributed by atoms with Gasteiger partial charge in [-0.1, -0.05) is 64.3 Å². The van der Waals surface area contributed by atoms with E-state index in [2.05, 4.69) is 21.2 Å². The summed E-state index contributed by atoms with van der Waals surface area (Å²) in [7, 11) is -3.90. The van der Waals surface area contributed by atoms with Gasteiger partial charge < -0.3 is 10.2 Å². The Bertz CT molecular complexity index is 1150. The zero-order chi connectivity index (χ0) is 25.6. The molecule has 186 valence electrons. The average Bonchev–Trinajstić information content (AvgIpc) is 2.76. The van der Waals surface area contributed by atoms with Gasteiger partial charge >= 0.3 is 0 Å². The number of anilines is 1. The average molecular weight is 593 g/mol. The van der Waals surface area contributed by atoms with E-state index in [4.69, 9.17) is 23.2 Å². The molecule has 34 heavy (non-hydrogen) atoms. The Hall–Kier alpha value is -1.81. The largest absolute Gasteiger partial charge is 0.352 e. The highest BCUT2D eigenvalue weighted by molar-refractivity contribution is 9.10. The molecule has 2 amide bonds. The zero-order valence-electron chi connectivity index (χ0n) is 19.4. The molecule has 0 unspecified atom stereocenters. The normalized spacial score (nSPS) is 13.1. The van der Waals surface area contributed by atoms with Gasteiger partial charge in [-0.2, -0.15) is 0 Å². The van der Waals surface area contributed by atoms with Crippen molar-refractivity contribution in [3.8, 4) is 0 Å². The van der Waals surface area contributed by atoms with Crippen LogP contribution in [0.15, 0.2) is 46.9 Å². The van der Waals surface area contributed by atoms with Gasteiger partial charge in [0.2, 0.25) is 21.8 Å². The van der Waals surface area contributed by atoms with Crippen LogP contribution in [0.3, 0.4) is 0 Å². The Labute approximate surface area is 219 Å². The van der Waals surface area contributed by atoms with Crippen molar-refractivity contribution in [3.63, 3.8) is 0 Å². The van der Waals surface area contributed by atoms with Gasteiger partial charge in [0.1, 0.15) is 12.6 Å². The molecule has 0 radical (unpaired) electrons. The lowest BCUT2D eigenvalue weighted by atomic mass is 10.1. The van der Waals surface area contributed by atoms with Gasteiger partial charge in [-0.3, -0.25) is 13.9 Å². The molecule has 2 aromatic carbocycles. The van der Waals surface area contributed by atoms with Crippen molar-refractivity contribution in [3.05, 3.63) is 62.5 Å². The summed E-state index contributed by atoms with van der Waals surface area (Å²) in [5.74, 6) is -0.891. The molecule has 2 aromatic rings. The van der Waals surface area contributed by atoms with Gasteiger partial charge in [0.05, 0.1) is 22.0 Å². The molecule has 7 nitrogen and oxygen atoms in total. The van der Waals surface area contributed by atoms with Crippen LogP contribution in [0.4, 0.5) is 5.69 Å². The summed E-state index contributed by atoms with van der Waals surface area (Å²) in [5.41, 5.74) is 0.863. The third-order valence-electron chi connectivity index (χ3n) is 5.29. The number of hydrogen-bond donors (Lipinski definition) is 1. The monoisotopic (exact) mass is 591 g/mol. The number of halogens is 3. The summed E-state index contributed by atoms with van der Waals surface area (Å²) in [6.45, 7) is 4.99. The Kier molecular flexibility index (Phi) is 10.2. The summed E-state index contributed by atoms with van der Waals surface area (Å²) >= 11 is 15.7. The number of carbonyl (C=O) groups is 2. The molecule has 0 bridgehead atoms. The summed E-state index contributed by atoms with van der Waals surface area (Å²) in [4.78, 5) is 27.8. The Morgan fingerprint density at radius 2 is 1.76 bits per heavy atom. The van der Waals surface area contributed by atoms with E-state index in [-0.39, 0.29) is 34.2 Å². The second kappa shape index (κ2) is 12.2. The fourth-order valence-corrected chi connectivity index (χ4v) is 4.91. The second-order valence-electron chi connectivity index (χ2n) is 7.99. The van der Waals surface area contributed by atoms with Crippen molar-refractivity contribution >= 4 is 66.7 Å². The number of amides is 2. The molecule has 0 aliphatic carbocycles. The van der Waals surface area contributed by atoms with Crippen molar-refractivity contribution in [2.24, 2.45) is 0 Å². The maximum absolute atomic E-state index is 13.5. The van der Waals surface area contributed by atoms with E-state index < -0.39 is 28.5 Å². The summed E-state index contributed by atoms with van der Waals surface area (Å²) in [5, 5.41) is 3.06. The van der Waals surface area contributed by atoms with Crippen LogP contribution >= 0.6 is 39.1 Å². The maximum Gasteiger partial charge on any atom is 0.244 e. The van der Waals surface area contributed by atoms with Crippen LogP contribution in [-0.2, 0) is 26.2 Å². The van der Waals surface area contributed by atoms with Crippen molar-refractivity contribution < 1.29 is 18.0 Å². The lowest BCUT2D eigenvalue weighted by Crippen LogP contribution is -2.52. The van der Waals surface area contributed by atoms with Crippen molar-refractivity contribution in [2.45, 2.75) is 45.8 Å². The highest BCUT2D eigenvalue weighted by atomic mass is 79.9. The molecule has 11 heteroatoms. The summed E-state index contributed by atoms with van der Waals surface area (Å²) in [6.07, 6.45) is 1.71. The van der Waals surface area contributed by atoms with Gasteiger partial charge in [0.25, 0.3) is 0 Å². The molecular formula is C23H28BrCl2N3O4S. The second-order valence-corrected chi connectivity index (χ2v) is 11.6. The van der Waals surface area contributed by atoms with Crippen LogP contribution in [0.25, 0.3) is 0 Å². The molecule has 0 spiro atoms. The first-order chi connectivity index (χ1) is 15.8. The summed E-state index contributed by atoms with van der Waals surface area (Å²) < 4.78 is 26.9. The molecule has 0 aliphatic heterocycles. The highest BCUT2D eigenvalue weighted by Crippen LogP contribution is 2.33. The topological polar surface area (TPSA) is 86.8 Å². The maximum atomic E-state index is 13.5. The zero-order valence-corrected chi connectivity index (χ0v) is 23.3. The Morgan fingerprint density at radius 1 is 1.12 bits per heavy atom. The van der Waals surface area contributed by atoms with Crippen LogP contribution in [0.1, 0.15) is 32.8 Å². The standard InChI is InChI=1S/C23H28BrCl2N3O4S/c1-5-15(2)27-23(31)16(3)28(13-17-8-6-9-18(24)12-17)21(30)14-29(34(4,32)33)20-11-7-10-19(25)22(20)26/h6-12,15-16H,5,13-14H2,1-4H3,(H,27,31)/t15-,16-/m1/s1. The van der Waals surface area contributed by atoms with Crippen LogP contribution in [0.2, 0.25) is 10.0 Å². The van der Waals surface area contributed by atoms with E-state index in [0.29, 0.717) is 0 Å². The lowest BCUT2D eigenvalue weighted by molar-refractivity contribution is -0.139. The predicted octanol–water partition coefficient (Wildman–Crippen LogP) is 4.85. The van der Waals surface area contributed by atoms with Crippen molar-refractivity contribution in [1.82, 2.24) is 10.2 Å². The molecule has 0 saturated heterocycles. The molecular weight excluding hydrogens is 565 g/mol. The van der Waals surface area contributed by atoms with Crippen molar-refractivity contribution in [2.75, 3.05) is 17.1 Å². The van der Waals surface area contributed by atoms with Crippen LogP contribution in [0.5, 0.6) is 0 Å². The quantitative estimate of drug-likeness (QED) is 0.427. The molecule has 2 rings (SSSR count). The number of nitrogens with one attached hydrogen (secondary N) is 1. The molecule has 0 saturated carbocycles. The molecule has 0 aromatic heterocycles. The predicted molar refractivity (Wildman–Crippen MR) is 141 cm³/mol. The first kappa shape index (κ1) is 28.4. The van der Waals surface area contributed by atoms with E-state index >= 15 is 0 Å². The number of nitrogens with zero attached hydrogens (tertiary/aromatic N) is 2. The number of benzene rings is 2. The molecule has 0 heterocycles. The Balaban J connectivity index is 2.43. The number of hydrogen-bond acceptors (Lipinski definition) is 4. The molecule has 0 aliphatic rings.